The summed E-state index contributed by atoms with van der Waals surface area (Å²) in [4.78, 5) is 26.1. The van der Waals surface area contributed by atoms with Crippen molar-refractivity contribution in [1.29, 1.82) is 0 Å². The molecule has 1 aromatic rings. The van der Waals surface area contributed by atoms with Crippen LogP contribution in [0.25, 0.3) is 0 Å². The van der Waals surface area contributed by atoms with Crippen LogP contribution in [0.1, 0.15) is 36.8 Å². The first kappa shape index (κ1) is 14.9. The Labute approximate surface area is 112 Å². The van der Waals surface area contributed by atoms with Crippen molar-refractivity contribution in [2.45, 2.75) is 32.8 Å². The van der Waals surface area contributed by atoms with Gasteiger partial charge in [0.1, 0.15) is 11.3 Å². The van der Waals surface area contributed by atoms with Gasteiger partial charge in [0.2, 0.25) is 0 Å². The molecule has 0 saturated heterocycles. The van der Waals surface area contributed by atoms with Crippen molar-refractivity contribution in [3.05, 3.63) is 29.6 Å². The van der Waals surface area contributed by atoms with E-state index in [9.17, 15) is 9.59 Å². The van der Waals surface area contributed by atoms with Gasteiger partial charge in [-0.25, -0.2) is 4.79 Å². The number of carbonyl (C=O) groups is 2. The lowest BCUT2D eigenvalue weighted by Gasteiger charge is -2.19. The standard InChI is InChI=1S/C13H19N3O3/c1-13(2,3)19-12(18)15-7-6-9-4-5-10(11(14)17)16-8-9/h4-5,8H,6-7H2,1-3H3,(H2,14,17)(H,15,18). The smallest absolute Gasteiger partial charge is 0.407 e. The quantitative estimate of drug-likeness (QED) is 0.856. The molecule has 0 aliphatic rings. The number of pyridine rings is 1. The van der Waals surface area contributed by atoms with Crippen molar-refractivity contribution in [1.82, 2.24) is 10.3 Å². The summed E-state index contributed by atoms with van der Waals surface area (Å²) in [5.74, 6) is -0.557. The molecule has 1 rings (SSSR count). The van der Waals surface area contributed by atoms with Gasteiger partial charge in [-0.1, -0.05) is 6.07 Å². The van der Waals surface area contributed by atoms with Crippen molar-refractivity contribution < 1.29 is 14.3 Å². The fourth-order valence-electron chi connectivity index (χ4n) is 1.34. The maximum atomic E-state index is 11.4. The molecule has 104 valence electrons. The van der Waals surface area contributed by atoms with E-state index < -0.39 is 17.6 Å². The number of nitrogens with one attached hydrogen (secondary N) is 1. The number of hydrogen-bond donors (Lipinski definition) is 2. The third kappa shape index (κ3) is 5.85. The van der Waals surface area contributed by atoms with Gasteiger partial charge in [-0.05, 0) is 38.8 Å². The third-order valence-electron chi connectivity index (χ3n) is 2.16. The highest BCUT2D eigenvalue weighted by atomic mass is 16.6. The minimum Gasteiger partial charge on any atom is -0.444 e. The first-order chi connectivity index (χ1) is 8.78. The number of nitrogens with two attached hydrogens (primary N) is 1. The summed E-state index contributed by atoms with van der Waals surface area (Å²) in [6.45, 7) is 5.85. The lowest BCUT2D eigenvalue weighted by atomic mass is 10.2. The molecule has 0 atom stereocenters. The molecule has 6 nitrogen and oxygen atoms in total. The number of primary amides is 1. The Balaban J connectivity index is 2.37. The molecule has 0 fully saturated rings. The Morgan fingerprint density at radius 3 is 2.53 bits per heavy atom. The van der Waals surface area contributed by atoms with Crippen molar-refractivity contribution >= 4 is 12.0 Å². The zero-order chi connectivity index (χ0) is 14.5. The summed E-state index contributed by atoms with van der Waals surface area (Å²) in [6, 6.07) is 3.31. The Kier molecular flexibility index (Phi) is 4.86. The first-order valence-corrected chi connectivity index (χ1v) is 5.99. The van der Waals surface area contributed by atoms with E-state index in [0.717, 1.165) is 5.56 Å². The van der Waals surface area contributed by atoms with Gasteiger partial charge < -0.3 is 15.8 Å². The summed E-state index contributed by atoms with van der Waals surface area (Å²) < 4.78 is 5.10. The van der Waals surface area contributed by atoms with Crippen LogP contribution >= 0.6 is 0 Å². The molecule has 0 bridgehead atoms. The molecule has 0 aromatic carbocycles. The molecule has 0 spiro atoms. The van der Waals surface area contributed by atoms with Crippen molar-refractivity contribution in [3.63, 3.8) is 0 Å². The number of hydrogen-bond acceptors (Lipinski definition) is 4. The largest absolute Gasteiger partial charge is 0.444 e. The number of nitrogens with zero attached hydrogens (tertiary/aromatic N) is 1. The Hall–Kier alpha value is -2.11. The van der Waals surface area contributed by atoms with Gasteiger partial charge in [0, 0.05) is 12.7 Å². The van der Waals surface area contributed by atoms with Crippen LogP contribution in [0.4, 0.5) is 4.79 Å². The average molecular weight is 265 g/mol. The summed E-state index contributed by atoms with van der Waals surface area (Å²) >= 11 is 0. The Morgan fingerprint density at radius 2 is 2.05 bits per heavy atom. The zero-order valence-corrected chi connectivity index (χ0v) is 11.4. The first-order valence-electron chi connectivity index (χ1n) is 5.99. The van der Waals surface area contributed by atoms with E-state index >= 15 is 0 Å². The number of alkyl carbamates (subject to hydrolysis) is 1. The predicted octanol–water partition coefficient (Wildman–Crippen LogP) is 1.25. The number of amides is 2. The Bertz CT molecular complexity index is 449. The minimum absolute atomic E-state index is 0.226. The maximum Gasteiger partial charge on any atom is 0.407 e. The molecular formula is C13H19N3O3. The van der Waals surface area contributed by atoms with Gasteiger partial charge in [0.05, 0.1) is 0 Å². The van der Waals surface area contributed by atoms with Gasteiger partial charge in [-0.15, -0.1) is 0 Å². The molecule has 19 heavy (non-hydrogen) atoms. The van der Waals surface area contributed by atoms with Crippen LogP contribution in [-0.4, -0.2) is 29.1 Å². The van der Waals surface area contributed by atoms with Crippen LogP contribution in [0.3, 0.4) is 0 Å². The van der Waals surface area contributed by atoms with Crippen molar-refractivity contribution in [2.75, 3.05) is 6.54 Å². The number of ether oxygens (including phenoxy) is 1. The van der Waals surface area contributed by atoms with E-state index in [4.69, 9.17) is 10.5 Å². The van der Waals surface area contributed by atoms with Gasteiger partial charge >= 0.3 is 6.09 Å². The Morgan fingerprint density at radius 1 is 1.37 bits per heavy atom. The second-order valence-corrected chi connectivity index (χ2v) is 5.09. The molecule has 0 unspecified atom stereocenters. The molecule has 1 heterocycles. The molecule has 0 saturated carbocycles. The molecule has 6 heteroatoms. The minimum atomic E-state index is -0.557. The molecule has 0 radical (unpaired) electrons. The summed E-state index contributed by atoms with van der Waals surface area (Å²) in [5, 5.41) is 2.64. The maximum absolute atomic E-state index is 11.4. The van der Waals surface area contributed by atoms with Crippen LogP contribution in [0.5, 0.6) is 0 Å². The number of carbonyl (C=O) groups excluding carboxylic acids is 2. The fourth-order valence-corrected chi connectivity index (χ4v) is 1.34. The van der Waals surface area contributed by atoms with E-state index in [1.165, 1.54) is 0 Å². The van der Waals surface area contributed by atoms with Crippen molar-refractivity contribution in [2.24, 2.45) is 5.73 Å². The normalized spacial score (nSPS) is 10.9. The monoisotopic (exact) mass is 265 g/mol. The highest BCUT2D eigenvalue weighted by molar-refractivity contribution is 5.90. The molecule has 0 aliphatic carbocycles. The lowest BCUT2D eigenvalue weighted by Crippen LogP contribution is -2.33. The van der Waals surface area contributed by atoms with Crippen LogP contribution in [-0.2, 0) is 11.2 Å². The van der Waals surface area contributed by atoms with Gasteiger partial charge in [0.15, 0.2) is 0 Å². The summed E-state index contributed by atoms with van der Waals surface area (Å²) in [7, 11) is 0. The molecule has 2 amide bonds. The molecule has 1 aromatic heterocycles. The third-order valence-corrected chi connectivity index (χ3v) is 2.16. The van der Waals surface area contributed by atoms with Crippen LogP contribution < -0.4 is 11.1 Å². The van der Waals surface area contributed by atoms with Gasteiger partial charge in [-0.3, -0.25) is 9.78 Å². The van der Waals surface area contributed by atoms with Gasteiger partial charge in [-0.2, -0.15) is 0 Å². The predicted molar refractivity (Wildman–Crippen MR) is 70.7 cm³/mol. The van der Waals surface area contributed by atoms with Crippen LogP contribution in [0, 0.1) is 0 Å². The lowest BCUT2D eigenvalue weighted by molar-refractivity contribution is 0.0528. The van der Waals surface area contributed by atoms with E-state index in [0.29, 0.717) is 13.0 Å². The second kappa shape index (κ2) is 6.17. The highest BCUT2D eigenvalue weighted by Gasteiger charge is 2.15. The number of aromatic nitrogens is 1. The zero-order valence-electron chi connectivity index (χ0n) is 11.4. The van der Waals surface area contributed by atoms with E-state index in [-0.39, 0.29) is 5.69 Å². The molecular weight excluding hydrogens is 246 g/mol. The summed E-state index contributed by atoms with van der Waals surface area (Å²) in [5.41, 5.74) is 5.71. The van der Waals surface area contributed by atoms with E-state index in [1.807, 2.05) is 0 Å². The topological polar surface area (TPSA) is 94.3 Å². The molecule has 0 aliphatic heterocycles. The second-order valence-electron chi connectivity index (χ2n) is 5.09. The highest BCUT2D eigenvalue weighted by Crippen LogP contribution is 2.06. The van der Waals surface area contributed by atoms with E-state index in [2.05, 4.69) is 10.3 Å². The van der Waals surface area contributed by atoms with E-state index in [1.54, 1.807) is 39.1 Å². The van der Waals surface area contributed by atoms with Crippen LogP contribution in [0.15, 0.2) is 18.3 Å². The van der Waals surface area contributed by atoms with Gasteiger partial charge in [0.25, 0.3) is 5.91 Å². The SMILES string of the molecule is CC(C)(C)OC(=O)NCCc1ccc(C(N)=O)nc1. The fraction of sp³-hybridized carbons (Fsp3) is 0.462. The molecule has 3 N–H and O–H groups in total. The average Bonchev–Trinajstić information content (AvgIpc) is 2.27. The summed E-state index contributed by atoms with van der Waals surface area (Å²) in [6.07, 6.45) is 1.72. The van der Waals surface area contributed by atoms with Crippen molar-refractivity contribution in [3.8, 4) is 0 Å². The van der Waals surface area contributed by atoms with Crippen LogP contribution in [0.2, 0.25) is 0 Å². The number of rotatable bonds is 4.